The summed E-state index contributed by atoms with van der Waals surface area (Å²) >= 11 is 0. The van der Waals surface area contributed by atoms with Gasteiger partial charge < -0.3 is 24.3 Å². The monoisotopic (exact) mass is 359 g/mol. The van der Waals surface area contributed by atoms with Crippen LogP contribution >= 0.6 is 0 Å². The molecule has 0 radical (unpaired) electrons. The summed E-state index contributed by atoms with van der Waals surface area (Å²) < 4.78 is 21.6. The standard InChI is InChI=1S/C20H25NO5/c1-13-8-14(2)10-16(9-13)26-12-18(22)21-11-15-6-7-17(23-3)20(25-5)19(15)24-4/h6-10H,11-12H2,1-5H3,(H,21,22). The first kappa shape index (κ1) is 19.4. The van der Waals surface area contributed by atoms with E-state index in [0.29, 0.717) is 29.5 Å². The molecule has 0 aromatic heterocycles. The molecule has 0 bridgehead atoms. The number of hydrogen-bond donors (Lipinski definition) is 1. The summed E-state index contributed by atoms with van der Waals surface area (Å²) in [4.78, 5) is 12.1. The van der Waals surface area contributed by atoms with Gasteiger partial charge in [0.25, 0.3) is 5.91 Å². The van der Waals surface area contributed by atoms with Crippen molar-refractivity contribution in [2.75, 3.05) is 27.9 Å². The van der Waals surface area contributed by atoms with E-state index in [1.54, 1.807) is 27.4 Å². The molecule has 140 valence electrons. The predicted molar refractivity (Wildman–Crippen MR) is 99.4 cm³/mol. The molecular formula is C20H25NO5. The fraction of sp³-hybridized carbons (Fsp3) is 0.350. The van der Waals surface area contributed by atoms with Crippen LogP contribution in [0.1, 0.15) is 16.7 Å². The third-order valence-corrected chi connectivity index (χ3v) is 3.83. The number of ether oxygens (including phenoxy) is 4. The molecule has 2 rings (SSSR count). The van der Waals surface area contributed by atoms with Crippen molar-refractivity contribution < 1.29 is 23.7 Å². The predicted octanol–water partition coefficient (Wildman–Crippen LogP) is 3.02. The Balaban J connectivity index is 1.98. The van der Waals surface area contributed by atoms with E-state index < -0.39 is 0 Å². The first-order chi connectivity index (χ1) is 12.5. The Bertz CT molecular complexity index is 753. The third-order valence-electron chi connectivity index (χ3n) is 3.83. The maximum absolute atomic E-state index is 12.1. The zero-order chi connectivity index (χ0) is 19.1. The quantitative estimate of drug-likeness (QED) is 0.785. The van der Waals surface area contributed by atoms with Crippen molar-refractivity contribution in [1.82, 2.24) is 5.32 Å². The second-order valence-corrected chi connectivity index (χ2v) is 5.88. The Hall–Kier alpha value is -2.89. The van der Waals surface area contributed by atoms with Crippen molar-refractivity contribution >= 4 is 5.91 Å². The Morgan fingerprint density at radius 1 is 0.923 bits per heavy atom. The van der Waals surface area contributed by atoms with Crippen LogP contribution in [0, 0.1) is 13.8 Å². The molecule has 0 saturated carbocycles. The molecule has 0 heterocycles. The molecule has 0 atom stereocenters. The average Bonchev–Trinajstić information content (AvgIpc) is 2.62. The summed E-state index contributed by atoms with van der Waals surface area (Å²) in [6.45, 7) is 4.21. The summed E-state index contributed by atoms with van der Waals surface area (Å²) in [6.07, 6.45) is 0. The largest absolute Gasteiger partial charge is 0.493 e. The van der Waals surface area contributed by atoms with Gasteiger partial charge in [0, 0.05) is 12.1 Å². The fourth-order valence-corrected chi connectivity index (χ4v) is 2.71. The zero-order valence-corrected chi connectivity index (χ0v) is 15.8. The molecule has 26 heavy (non-hydrogen) atoms. The molecule has 6 nitrogen and oxygen atoms in total. The number of benzene rings is 2. The maximum atomic E-state index is 12.1. The van der Waals surface area contributed by atoms with Gasteiger partial charge in [-0.1, -0.05) is 6.07 Å². The van der Waals surface area contributed by atoms with Crippen LogP contribution < -0.4 is 24.3 Å². The molecular weight excluding hydrogens is 334 g/mol. The Labute approximate surface area is 154 Å². The Morgan fingerprint density at radius 3 is 2.15 bits per heavy atom. The molecule has 6 heteroatoms. The molecule has 0 unspecified atom stereocenters. The summed E-state index contributed by atoms with van der Waals surface area (Å²) in [5, 5.41) is 2.82. The van der Waals surface area contributed by atoms with Gasteiger partial charge in [-0.25, -0.2) is 0 Å². The minimum absolute atomic E-state index is 0.0570. The van der Waals surface area contributed by atoms with Gasteiger partial charge in [0.1, 0.15) is 5.75 Å². The van der Waals surface area contributed by atoms with Crippen LogP contribution in [0.25, 0.3) is 0 Å². The van der Waals surface area contributed by atoms with Gasteiger partial charge >= 0.3 is 0 Å². The third kappa shape index (κ3) is 4.81. The summed E-state index contributed by atoms with van der Waals surface area (Å²) in [5.74, 6) is 2.05. The van der Waals surface area contributed by atoms with Gasteiger partial charge in [-0.3, -0.25) is 4.79 Å². The maximum Gasteiger partial charge on any atom is 0.258 e. The second-order valence-electron chi connectivity index (χ2n) is 5.88. The highest BCUT2D eigenvalue weighted by molar-refractivity contribution is 5.77. The van der Waals surface area contributed by atoms with Crippen LogP contribution in [-0.4, -0.2) is 33.8 Å². The molecule has 0 aliphatic carbocycles. The van der Waals surface area contributed by atoms with E-state index >= 15 is 0 Å². The van der Waals surface area contributed by atoms with E-state index in [-0.39, 0.29) is 12.5 Å². The van der Waals surface area contributed by atoms with Crippen LogP contribution in [0.4, 0.5) is 0 Å². The van der Waals surface area contributed by atoms with Gasteiger partial charge in [-0.15, -0.1) is 0 Å². The number of hydrogen-bond acceptors (Lipinski definition) is 5. The fourth-order valence-electron chi connectivity index (χ4n) is 2.71. The number of amides is 1. The average molecular weight is 359 g/mol. The Kier molecular flexibility index (Phi) is 6.72. The van der Waals surface area contributed by atoms with Gasteiger partial charge in [-0.05, 0) is 49.2 Å². The first-order valence-corrected chi connectivity index (χ1v) is 8.24. The van der Waals surface area contributed by atoms with Crippen molar-refractivity contribution in [2.24, 2.45) is 0 Å². The number of methoxy groups -OCH3 is 3. The van der Waals surface area contributed by atoms with Crippen LogP contribution in [0.2, 0.25) is 0 Å². The lowest BCUT2D eigenvalue weighted by Gasteiger charge is -2.16. The van der Waals surface area contributed by atoms with Crippen molar-refractivity contribution in [3.05, 3.63) is 47.0 Å². The molecule has 1 amide bonds. The molecule has 0 aliphatic rings. The van der Waals surface area contributed by atoms with Crippen LogP contribution in [0.15, 0.2) is 30.3 Å². The van der Waals surface area contributed by atoms with Crippen molar-refractivity contribution in [3.63, 3.8) is 0 Å². The highest BCUT2D eigenvalue weighted by atomic mass is 16.5. The molecule has 0 fully saturated rings. The van der Waals surface area contributed by atoms with E-state index in [2.05, 4.69) is 11.4 Å². The van der Waals surface area contributed by atoms with E-state index in [1.807, 2.05) is 32.0 Å². The molecule has 0 aliphatic heterocycles. The van der Waals surface area contributed by atoms with E-state index in [4.69, 9.17) is 18.9 Å². The summed E-state index contributed by atoms with van der Waals surface area (Å²) in [6, 6.07) is 9.45. The minimum Gasteiger partial charge on any atom is -0.493 e. The van der Waals surface area contributed by atoms with Gasteiger partial charge in [0.05, 0.1) is 21.3 Å². The molecule has 2 aromatic rings. The number of carbonyl (C=O) groups is 1. The summed E-state index contributed by atoms with van der Waals surface area (Å²) in [7, 11) is 4.65. The van der Waals surface area contributed by atoms with Gasteiger partial charge in [0.15, 0.2) is 18.1 Å². The number of rotatable bonds is 8. The van der Waals surface area contributed by atoms with Crippen molar-refractivity contribution in [3.8, 4) is 23.0 Å². The smallest absolute Gasteiger partial charge is 0.258 e. The van der Waals surface area contributed by atoms with Gasteiger partial charge in [0.2, 0.25) is 5.75 Å². The van der Waals surface area contributed by atoms with Crippen LogP contribution in [-0.2, 0) is 11.3 Å². The highest BCUT2D eigenvalue weighted by Gasteiger charge is 2.16. The number of carbonyl (C=O) groups excluding carboxylic acids is 1. The highest BCUT2D eigenvalue weighted by Crippen LogP contribution is 2.39. The normalized spacial score (nSPS) is 10.2. The SMILES string of the molecule is COc1ccc(CNC(=O)COc2cc(C)cc(C)c2)c(OC)c1OC. The number of nitrogens with one attached hydrogen (secondary N) is 1. The van der Waals surface area contributed by atoms with Crippen molar-refractivity contribution in [1.29, 1.82) is 0 Å². The molecule has 0 saturated heterocycles. The van der Waals surface area contributed by atoms with Crippen molar-refractivity contribution in [2.45, 2.75) is 20.4 Å². The lowest BCUT2D eigenvalue weighted by atomic mass is 10.1. The first-order valence-electron chi connectivity index (χ1n) is 8.24. The zero-order valence-electron chi connectivity index (χ0n) is 15.8. The minimum atomic E-state index is -0.221. The molecule has 2 aromatic carbocycles. The van der Waals surface area contributed by atoms with E-state index in [0.717, 1.165) is 16.7 Å². The second kappa shape index (κ2) is 8.99. The van der Waals surface area contributed by atoms with Crippen LogP contribution in [0.5, 0.6) is 23.0 Å². The number of aryl methyl sites for hydroxylation is 2. The van der Waals surface area contributed by atoms with Gasteiger partial charge in [-0.2, -0.15) is 0 Å². The van der Waals surface area contributed by atoms with Crippen LogP contribution in [0.3, 0.4) is 0 Å². The topological polar surface area (TPSA) is 66.0 Å². The summed E-state index contributed by atoms with van der Waals surface area (Å²) in [5.41, 5.74) is 2.97. The Morgan fingerprint density at radius 2 is 1.58 bits per heavy atom. The lowest BCUT2D eigenvalue weighted by molar-refractivity contribution is -0.123. The lowest BCUT2D eigenvalue weighted by Crippen LogP contribution is -2.28. The van der Waals surface area contributed by atoms with E-state index in [9.17, 15) is 4.79 Å². The van der Waals surface area contributed by atoms with E-state index in [1.165, 1.54) is 0 Å². The molecule has 0 spiro atoms. The molecule has 1 N–H and O–H groups in total.